The molecule has 1 amide bonds. The minimum atomic E-state index is -0.708. The van der Waals surface area contributed by atoms with E-state index in [1.807, 2.05) is 6.07 Å². The molecule has 5 nitrogen and oxygen atoms in total. The third kappa shape index (κ3) is 2.04. The number of nitrogens with zero attached hydrogens (tertiary/aromatic N) is 1. The Hall–Kier alpha value is -1.87. The highest BCUT2D eigenvalue weighted by Gasteiger charge is 2.23. The van der Waals surface area contributed by atoms with Gasteiger partial charge in [-0.2, -0.15) is 5.26 Å². The van der Waals surface area contributed by atoms with Crippen molar-refractivity contribution in [2.75, 3.05) is 6.61 Å². The minimum absolute atomic E-state index is 0.100. The fourth-order valence-corrected chi connectivity index (χ4v) is 2.22. The molecular formula is C10H10N2O3S. The Labute approximate surface area is 96.4 Å². The summed E-state index contributed by atoms with van der Waals surface area (Å²) in [6.07, 6.45) is 0. The highest BCUT2D eigenvalue weighted by Crippen LogP contribution is 2.27. The fourth-order valence-electron chi connectivity index (χ4n) is 1.21. The van der Waals surface area contributed by atoms with Crippen LogP contribution in [0.15, 0.2) is 0 Å². The molecule has 0 unspecified atom stereocenters. The van der Waals surface area contributed by atoms with Gasteiger partial charge >= 0.3 is 5.97 Å². The second kappa shape index (κ2) is 4.77. The Kier molecular flexibility index (Phi) is 3.64. The van der Waals surface area contributed by atoms with E-state index in [1.54, 1.807) is 13.8 Å². The maximum Gasteiger partial charge on any atom is 0.348 e. The molecule has 2 N–H and O–H groups in total. The van der Waals surface area contributed by atoms with Crippen molar-refractivity contribution < 1.29 is 14.3 Å². The summed E-state index contributed by atoms with van der Waals surface area (Å²) in [6, 6.07) is 1.86. The fraction of sp³-hybridized carbons (Fsp3) is 0.300. The number of carbonyl (C=O) groups excluding carboxylic acids is 2. The molecule has 0 atom stereocenters. The molecular weight excluding hydrogens is 228 g/mol. The Balaban J connectivity index is 3.29. The van der Waals surface area contributed by atoms with Crippen molar-refractivity contribution in [2.45, 2.75) is 13.8 Å². The van der Waals surface area contributed by atoms with Crippen LogP contribution in [0.3, 0.4) is 0 Å². The van der Waals surface area contributed by atoms with E-state index in [0.29, 0.717) is 5.56 Å². The minimum Gasteiger partial charge on any atom is -0.462 e. The van der Waals surface area contributed by atoms with Crippen molar-refractivity contribution >= 4 is 23.2 Å². The molecule has 0 aliphatic heterocycles. The predicted octanol–water partition coefficient (Wildman–Crippen LogP) is 1.20. The number of ether oxygens (including phenoxy) is 1. The van der Waals surface area contributed by atoms with Crippen LogP contribution in [-0.2, 0) is 4.74 Å². The van der Waals surface area contributed by atoms with E-state index in [9.17, 15) is 9.59 Å². The van der Waals surface area contributed by atoms with Crippen LogP contribution in [0.2, 0.25) is 0 Å². The van der Waals surface area contributed by atoms with Gasteiger partial charge in [0.25, 0.3) is 5.91 Å². The number of carbonyl (C=O) groups is 2. The first-order valence-corrected chi connectivity index (χ1v) is 5.35. The van der Waals surface area contributed by atoms with Gasteiger partial charge < -0.3 is 10.5 Å². The van der Waals surface area contributed by atoms with Crippen LogP contribution in [0.5, 0.6) is 0 Å². The highest BCUT2D eigenvalue weighted by molar-refractivity contribution is 7.16. The van der Waals surface area contributed by atoms with Gasteiger partial charge in [0.1, 0.15) is 15.8 Å². The average Bonchev–Trinajstić information content (AvgIpc) is 2.55. The molecule has 1 aromatic rings. The topological polar surface area (TPSA) is 93.2 Å². The molecule has 84 valence electrons. The van der Waals surface area contributed by atoms with Gasteiger partial charge in [0.2, 0.25) is 0 Å². The molecule has 1 heterocycles. The quantitative estimate of drug-likeness (QED) is 0.801. The smallest absolute Gasteiger partial charge is 0.348 e. The SMILES string of the molecule is CCOC(=O)c1sc(C(N)=O)c(C#N)c1C. The molecule has 16 heavy (non-hydrogen) atoms. The lowest BCUT2D eigenvalue weighted by Crippen LogP contribution is -2.10. The number of thiophene rings is 1. The predicted molar refractivity (Wildman–Crippen MR) is 58.2 cm³/mol. The third-order valence-corrected chi connectivity index (χ3v) is 3.23. The maximum atomic E-state index is 11.5. The standard InChI is InChI=1S/C10H10N2O3S/c1-3-15-10(14)7-5(2)6(4-11)8(16-7)9(12)13/h3H2,1-2H3,(H2,12,13). The second-order valence-corrected chi connectivity index (χ2v) is 3.98. The van der Waals surface area contributed by atoms with E-state index < -0.39 is 11.9 Å². The van der Waals surface area contributed by atoms with Gasteiger partial charge in [0.15, 0.2) is 0 Å². The van der Waals surface area contributed by atoms with Crippen molar-refractivity contribution in [3.8, 4) is 6.07 Å². The van der Waals surface area contributed by atoms with Crippen LogP contribution in [0.25, 0.3) is 0 Å². The van der Waals surface area contributed by atoms with Crippen molar-refractivity contribution in [3.63, 3.8) is 0 Å². The first-order valence-electron chi connectivity index (χ1n) is 4.53. The lowest BCUT2D eigenvalue weighted by atomic mass is 10.1. The lowest BCUT2D eigenvalue weighted by molar-refractivity contribution is 0.0531. The van der Waals surface area contributed by atoms with Crippen LogP contribution < -0.4 is 5.73 Å². The number of amides is 1. The molecule has 0 fully saturated rings. The van der Waals surface area contributed by atoms with Crippen LogP contribution in [-0.4, -0.2) is 18.5 Å². The molecule has 0 spiro atoms. The first kappa shape index (κ1) is 12.2. The second-order valence-electron chi connectivity index (χ2n) is 2.96. The van der Waals surface area contributed by atoms with Gasteiger partial charge in [-0.3, -0.25) is 4.79 Å². The zero-order chi connectivity index (χ0) is 12.3. The summed E-state index contributed by atoms with van der Waals surface area (Å²) < 4.78 is 4.81. The highest BCUT2D eigenvalue weighted by atomic mass is 32.1. The Bertz CT molecular complexity index is 485. The van der Waals surface area contributed by atoms with Gasteiger partial charge in [-0.05, 0) is 19.4 Å². The molecule has 0 radical (unpaired) electrons. The van der Waals surface area contributed by atoms with E-state index in [2.05, 4.69) is 0 Å². The number of nitrogens with two attached hydrogens (primary N) is 1. The summed E-state index contributed by atoms with van der Waals surface area (Å²) in [5.74, 6) is -1.24. The lowest BCUT2D eigenvalue weighted by Gasteiger charge is -1.98. The maximum absolute atomic E-state index is 11.5. The van der Waals surface area contributed by atoms with E-state index in [4.69, 9.17) is 15.7 Å². The van der Waals surface area contributed by atoms with Crippen molar-refractivity contribution in [1.82, 2.24) is 0 Å². The summed E-state index contributed by atoms with van der Waals surface area (Å²) in [4.78, 5) is 22.9. The van der Waals surface area contributed by atoms with Crippen molar-refractivity contribution in [2.24, 2.45) is 5.73 Å². The molecule has 1 rings (SSSR count). The Morgan fingerprint density at radius 3 is 2.50 bits per heavy atom. The zero-order valence-electron chi connectivity index (χ0n) is 8.86. The molecule has 0 bridgehead atoms. The largest absolute Gasteiger partial charge is 0.462 e. The van der Waals surface area contributed by atoms with Gasteiger partial charge in [0.05, 0.1) is 12.2 Å². The number of primary amides is 1. The van der Waals surface area contributed by atoms with E-state index >= 15 is 0 Å². The van der Waals surface area contributed by atoms with E-state index in [0.717, 1.165) is 11.3 Å². The molecule has 0 saturated carbocycles. The summed E-state index contributed by atoms with van der Waals surface area (Å²) in [7, 11) is 0. The summed E-state index contributed by atoms with van der Waals surface area (Å²) >= 11 is 0.895. The molecule has 0 aromatic carbocycles. The van der Waals surface area contributed by atoms with Crippen LogP contribution in [0.1, 0.15) is 37.4 Å². The average molecular weight is 238 g/mol. The van der Waals surface area contributed by atoms with Crippen molar-refractivity contribution in [1.29, 1.82) is 5.26 Å². The summed E-state index contributed by atoms with van der Waals surface area (Å²) in [6.45, 7) is 3.51. The molecule has 0 aliphatic rings. The Morgan fingerprint density at radius 1 is 1.50 bits per heavy atom. The van der Waals surface area contributed by atoms with Gasteiger partial charge in [-0.1, -0.05) is 0 Å². The van der Waals surface area contributed by atoms with Crippen molar-refractivity contribution in [3.05, 3.63) is 20.9 Å². The molecule has 0 saturated heterocycles. The summed E-state index contributed by atoms with van der Waals surface area (Å²) in [5, 5.41) is 8.87. The van der Waals surface area contributed by atoms with Crippen LogP contribution in [0.4, 0.5) is 0 Å². The molecule has 1 aromatic heterocycles. The van der Waals surface area contributed by atoms with E-state index in [1.165, 1.54) is 0 Å². The first-order chi connectivity index (χ1) is 7.52. The third-order valence-electron chi connectivity index (χ3n) is 1.94. The van der Waals surface area contributed by atoms with E-state index in [-0.39, 0.29) is 21.9 Å². The molecule has 0 aliphatic carbocycles. The number of rotatable bonds is 3. The summed E-state index contributed by atoms with van der Waals surface area (Å²) in [5.41, 5.74) is 5.71. The number of esters is 1. The van der Waals surface area contributed by atoms with Gasteiger partial charge in [-0.25, -0.2) is 4.79 Å². The van der Waals surface area contributed by atoms with Crippen LogP contribution >= 0.6 is 11.3 Å². The number of hydrogen-bond acceptors (Lipinski definition) is 5. The number of nitriles is 1. The van der Waals surface area contributed by atoms with Crippen LogP contribution in [0, 0.1) is 18.3 Å². The monoisotopic (exact) mass is 238 g/mol. The van der Waals surface area contributed by atoms with Gasteiger partial charge in [0, 0.05) is 0 Å². The number of hydrogen-bond donors (Lipinski definition) is 1. The normalized spacial score (nSPS) is 9.56. The Morgan fingerprint density at radius 2 is 2.12 bits per heavy atom. The zero-order valence-corrected chi connectivity index (χ0v) is 9.68. The molecule has 6 heteroatoms. The van der Waals surface area contributed by atoms with Gasteiger partial charge in [-0.15, -0.1) is 11.3 Å².